The van der Waals surface area contributed by atoms with Gasteiger partial charge >= 0.3 is 5.97 Å². The summed E-state index contributed by atoms with van der Waals surface area (Å²) in [4.78, 5) is 31.6. The van der Waals surface area contributed by atoms with E-state index in [0.717, 1.165) is 43.2 Å². The first-order valence-corrected chi connectivity index (χ1v) is 16.3. The SMILES string of the molecule is CC(=O)O[C@@]12CC[C@@H](N(CC(C)C)C(=O)C#Cc3ccc(C)c(C)c3)[C@@H]3Oc4cccc5c4[C@@]31CCN(CC1CC1)[C@@H]2C5. The van der Waals surface area contributed by atoms with Crippen molar-refractivity contribution >= 4 is 11.9 Å². The molecule has 5 aliphatic rings. The van der Waals surface area contributed by atoms with Crippen LogP contribution in [0.2, 0.25) is 0 Å². The van der Waals surface area contributed by atoms with Gasteiger partial charge in [-0.1, -0.05) is 38.0 Å². The van der Waals surface area contributed by atoms with Gasteiger partial charge in [0.05, 0.1) is 17.5 Å². The first-order valence-electron chi connectivity index (χ1n) is 16.3. The van der Waals surface area contributed by atoms with E-state index in [2.05, 4.69) is 68.7 Å². The molecule has 2 aromatic carbocycles. The first-order chi connectivity index (χ1) is 20.6. The summed E-state index contributed by atoms with van der Waals surface area (Å²) >= 11 is 0. The third-order valence-electron chi connectivity index (χ3n) is 11.0. The maximum absolute atomic E-state index is 14.0. The standard InChI is InChI=1S/C37H44N2O4/c1-23(2)21-39(33(41)14-13-27-10-9-24(3)25(4)19-27)30-15-16-37(43-26(5)40)32-20-29-7-6-8-31-34(29)36(37,35(30)42-31)17-18-38(32)22-28-11-12-28/h6-10,19,23,28,30,32,35H,11-12,15-18,20-22H2,1-5H3/t30-,32-,35+,36+,37-/m1/s1. The molecular weight excluding hydrogens is 536 g/mol. The Morgan fingerprint density at radius 3 is 2.65 bits per heavy atom. The van der Waals surface area contributed by atoms with Crippen LogP contribution in [-0.4, -0.2) is 65.1 Å². The molecule has 43 heavy (non-hydrogen) atoms. The highest BCUT2D eigenvalue weighted by Gasteiger charge is 2.75. The molecule has 6 heteroatoms. The van der Waals surface area contributed by atoms with Crippen LogP contribution in [0.5, 0.6) is 5.75 Å². The predicted molar refractivity (Wildman–Crippen MR) is 166 cm³/mol. The van der Waals surface area contributed by atoms with E-state index < -0.39 is 11.0 Å². The number of carbonyl (C=O) groups is 2. The molecule has 2 aliphatic heterocycles. The minimum atomic E-state index is -0.676. The zero-order chi connectivity index (χ0) is 30.1. The molecular formula is C37H44N2O4. The van der Waals surface area contributed by atoms with Gasteiger partial charge in [0.2, 0.25) is 0 Å². The van der Waals surface area contributed by atoms with Gasteiger partial charge in [0.25, 0.3) is 5.91 Å². The maximum atomic E-state index is 14.0. The minimum Gasteiger partial charge on any atom is -0.487 e. The molecule has 2 heterocycles. The van der Waals surface area contributed by atoms with Crippen molar-refractivity contribution in [2.45, 2.75) is 102 Å². The van der Waals surface area contributed by atoms with Gasteiger partial charge in [0.1, 0.15) is 17.5 Å². The summed E-state index contributed by atoms with van der Waals surface area (Å²) in [7, 11) is 0. The second-order valence-electron chi connectivity index (χ2n) is 14.2. The van der Waals surface area contributed by atoms with Crippen LogP contribution in [-0.2, 0) is 26.2 Å². The van der Waals surface area contributed by atoms with Gasteiger partial charge < -0.3 is 14.4 Å². The number of hydrogen-bond donors (Lipinski definition) is 0. The number of ether oxygens (including phenoxy) is 2. The summed E-state index contributed by atoms with van der Waals surface area (Å²) in [6.07, 6.45) is 5.42. The molecule has 2 saturated carbocycles. The fraction of sp³-hybridized carbons (Fsp3) is 0.568. The molecule has 0 N–H and O–H groups in total. The van der Waals surface area contributed by atoms with E-state index in [1.165, 1.54) is 35.1 Å². The molecule has 3 fully saturated rings. The summed E-state index contributed by atoms with van der Waals surface area (Å²) in [6.45, 7) is 12.6. The van der Waals surface area contributed by atoms with E-state index in [-0.39, 0.29) is 36.0 Å². The van der Waals surface area contributed by atoms with Crippen molar-refractivity contribution in [3.8, 4) is 17.6 Å². The molecule has 2 aromatic rings. The number of piperidine rings is 1. The van der Waals surface area contributed by atoms with Gasteiger partial charge in [-0.05, 0) is 106 Å². The monoisotopic (exact) mass is 580 g/mol. The van der Waals surface area contributed by atoms with Gasteiger partial charge in [0.15, 0.2) is 0 Å². The topological polar surface area (TPSA) is 59.1 Å². The smallest absolute Gasteiger partial charge is 0.303 e. The zero-order valence-corrected chi connectivity index (χ0v) is 26.2. The lowest BCUT2D eigenvalue weighted by atomic mass is 9.48. The van der Waals surface area contributed by atoms with Crippen LogP contribution in [0.15, 0.2) is 36.4 Å². The summed E-state index contributed by atoms with van der Waals surface area (Å²) < 4.78 is 13.6. The van der Waals surface area contributed by atoms with Crippen LogP contribution < -0.4 is 4.74 Å². The Morgan fingerprint density at radius 2 is 1.93 bits per heavy atom. The van der Waals surface area contributed by atoms with Crippen molar-refractivity contribution in [1.29, 1.82) is 0 Å². The lowest BCUT2D eigenvalue weighted by Crippen LogP contribution is -2.79. The van der Waals surface area contributed by atoms with E-state index in [4.69, 9.17) is 9.47 Å². The Kier molecular flexibility index (Phi) is 6.89. The second-order valence-corrected chi connectivity index (χ2v) is 14.2. The van der Waals surface area contributed by atoms with Crippen LogP contribution in [0, 0.1) is 37.5 Å². The number of esters is 1. The van der Waals surface area contributed by atoms with Crippen LogP contribution in [0.4, 0.5) is 0 Å². The Hall–Kier alpha value is -3.30. The van der Waals surface area contributed by atoms with Gasteiger partial charge in [0, 0.05) is 37.1 Å². The number of hydrogen-bond acceptors (Lipinski definition) is 5. The molecule has 0 aromatic heterocycles. The Labute approximate surface area is 256 Å². The number of aryl methyl sites for hydroxylation is 2. The fourth-order valence-corrected chi connectivity index (χ4v) is 8.96. The summed E-state index contributed by atoms with van der Waals surface area (Å²) in [5.41, 5.74) is 4.60. The predicted octanol–water partition coefficient (Wildman–Crippen LogP) is 5.34. The van der Waals surface area contributed by atoms with Crippen molar-refractivity contribution in [2.75, 3.05) is 19.6 Å². The van der Waals surface area contributed by atoms with Gasteiger partial charge in [-0.2, -0.15) is 0 Å². The fourth-order valence-electron chi connectivity index (χ4n) is 8.96. The van der Waals surface area contributed by atoms with Crippen LogP contribution >= 0.6 is 0 Å². The van der Waals surface area contributed by atoms with E-state index in [9.17, 15) is 9.59 Å². The molecule has 0 radical (unpaired) electrons. The summed E-state index contributed by atoms with van der Waals surface area (Å²) in [6, 6.07) is 12.5. The van der Waals surface area contributed by atoms with Crippen molar-refractivity contribution in [1.82, 2.24) is 9.80 Å². The number of amides is 1. The van der Waals surface area contributed by atoms with Crippen molar-refractivity contribution in [3.05, 3.63) is 64.2 Å². The number of benzene rings is 2. The average Bonchev–Trinajstić information content (AvgIpc) is 3.71. The molecule has 1 spiro atoms. The van der Waals surface area contributed by atoms with Gasteiger partial charge in [-0.25, -0.2) is 0 Å². The van der Waals surface area contributed by atoms with E-state index in [0.29, 0.717) is 19.4 Å². The third kappa shape index (κ3) is 4.49. The van der Waals surface area contributed by atoms with Crippen molar-refractivity contribution in [2.24, 2.45) is 11.8 Å². The van der Waals surface area contributed by atoms with Gasteiger partial charge in [-0.3, -0.25) is 14.5 Å². The van der Waals surface area contributed by atoms with E-state index >= 15 is 0 Å². The number of likely N-dealkylation sites (tertiary alicyclic amines) is 1. The molecule has 5 atom stereocenters. The molecule has 1 saturated heterocycles. The molecule has 7 rings (SSSR count). The van der Waals surface area contributed by atoms with E-state index in [1.807, 2.05) is 17.0 Å². The largest absolute Gasteiger partial charge is 0.487 e. The highest BCUT2D eigenvalue weighted by molar-refractivity contribution is 5.94. The van der Waals surface area contributed by atoms with Crippen LogP contribution in [0.3, 0.4) is 0 Å². The summed E-state index contributed by atoms with van der Waals surface area (Å²) in [5.74, 6) is 7.69. The van der Waals surface area contributed by atoms with Crippen molar-refractivity contribution in [3.63, 3.8) is 0 Å². The Balaban J connectivity index is 1.31. The van der Waals surface area contributed by atoms with Crippen LogP contribution in [0.25, 0.3) is 0 Å². The highest BCUT2D eigenvalue weighted by Crippen LogP contribution is 2.66. The molecule has 2 bridgehead atoms. The molecule has 1 amide bonds. The highest BCUT2D eigenvalue weighted by atomic mass is 16.6. The Morgan fingerprint density at radius 1 is 1.12 bits per heavy atom. The lowest BCUT2D eigenvalue weighted by Gasteiger charge is -2.65. The summed E-state index contributed by atoms with van der Waals surface area (Å²) in [5, 5.41) is 0. The lowest BCUT2D eigenvalue weighted by molar-refractivity contribution is -0.224. The molecule has 6 nitrogen and oxygen atoms in total. The Bertz CT molecular complexity index is 1530. The molecule has 226 valence electrons. The minimum absolute atomic E-state index is 0.109. The number of rotatable bonds is 6. The number of carbonyl (C=O) groups excluding carboxylic acids is 2. The van der Waals surface area contributed by atoms with Gasteiger partial charge in [-0.15, -0.1) is 0 Å². The van der Waals surface area contributed by atoms with E-state index in [1.54, 1.807) is 6.92 Å². The normalized spacial score (nSPS) is 30.1. The molecule has 0 unspecified atom stereocenters. The maximum Gasteiger partial charge on any atom is 0.303 e. The third-order valence-corrected chi connectivity index (χ3v) is 11.0. The van der Waals surface area contributed by atoms with Crippen LogP contribution in [0.1, 0.15) is 80.7 Å². The number of nitrogens with zero attached hydrogens (tertiary/aromatic N) is 2. The average molecular weight is 581 g/mol. The quantitative estimate of drug-likeness (QED) is 0.341. The first kappa shape index (κ1) is 28.5. The second kappa shape index (κ2) is 10.4. The molecule has 3 aliphatic carbocycles. The zero-order valence-electron chi connectivity index (χ0n) is 26.2. The van der Waals surface area contributed by atoms with Crippen molar-refractivity contribution < 1.29 is 19.1 Å².